The van der Waals surface area contributed by atoms with Crippen molar-refractivity contribution in [3.8, 4) is 0 Å². The summed E-state index contributed by atoms with van der Waals surface area (Å²) in [5, 5.41) is 2.94. The van der Waals surface area contributed by atoms with Gasteiger partial charge in [0.15, 0.2) is 0 Å². The van der Waals surface area contributed by atoms with Crippen molar-refractivity contribution >= 4 is 15.9 Å². The van der Waals surface area contributed by atoms with Crippen LogP contribution in [0.3, 0.4) is 0 Å². The van der Waals surface area contributed by atoms with E-state index in [9.17, 15) is 13.2 Å². The van der Waals surface area contributed by atoms with Crippen molar-refractivity contribution in [2.75, 3.05) is 13.3 Å². The van der Waals surface area contributed by atoms with Gasteiger partial charge < -0.3 is 5.32 Å². The summed E-state index contributed by atoms with van der Waals surface area (Å²) >= 11 is 0. The number of benzene rings is 2. The maximum Gasteiger partial charge on any atom is 0.243 e. The van der Waals surface area contributed by atoms with Crippen LogP contribution in [0.4, 0.5) is 0 Å². The van der Waals surface area contributed by atoms with Crippen molar-refractivity contribution in [2.45, 2.75) is 25.9 Å². The Bertz CT molecular complexity index is 835. The van der Waals surface area contributed by atoms with Gasteiger partial charge in [-0.15, -0.1) is 0 Å². The molecule has 2 unspecified atom stereocenters. The van der Waals surface area contributed by atoms with Crippen LogP contribution >= 0.6 is 0 Å². The third-order valence-electron chi connectivity index (χ3n) is 4.26. The Hall–Kier alpha value is -2.18. The number of aryl methyl sites for hydroxylation is 1. The number of amides is 1. The summed E-state index contributed by atoms with van der Waals surface area (Å²) < 4.78 is 25.1. The molecule has 0 spiro atoms. The molecule has 1 N–H and O–H groups in total. The summed E-state index contributed by atoms with van der Waals surface area (Å²) in [5.74, 6) is -0.352. The predicted octanol–water partition coefficient (Wildman–Crippen LogP) is 2.80. The quantitative estimate of drug-likeness (QED) is 0.861. The number of nitrogens with zero attached hydrogens (tertiary/aromatic N) is 1. The largest absolute Gasteiger partial charge is 0.348 e. The SMILES string of the molecule is Cc1ccccc1C(C)NC(=O)C(c1ccccc1)N(C)S(C)(=O)=O. The summed E-state index contributed by atoms with van der Waals surface area (Å²) in [6.07, 6.45) is 1.10. The summed E-state index contributed by atoms with van der Waals surface area (Å²) in [5.41, 5.74) is 2.71. The third-order valence-corrected chi connectivity index (χ3v) is 5.52. The fraction of sp³-hybridized carbons (Fsp3) is 0.316. The smallest absolute Gasteiger partial charge is 0.243 e. The van der Waals surface area contributed by atoms with Gasteiger partial charge in [0.1, 0.15) is 6.04 Å². The molecule has 2 aromatic carbocycles. The highest BCUT2D eigenvalue weighted by atomic mass is 32.2. The molecule has 2 rings (SSSR count). The molecule has 134 valence electrons. The Morgan fingerprint density at radius 3 is 2.16 bits per heavy atom. The third kappa shape index (κ3) is 4.67. The van der Waals surface area contributed by atoms with Gasteiger partial charge in [-0.05, 0) is 30.5 Å². The Morgan fingerprint density at radius 2 is 1.60 bits per heavy atom. The first-order valence-corrected chi connectivity index (χ1v) is 9.90. The zero-order valence-electron chi connectivity index (χ0n) is 14.9. The molecule has 0 saturated heterocycles. The molecular weight excluding hydrogens is 336 g/mol. The molecular formula is C19H24N2O3S. The molecule has 2 atom stereocenters. The molecule has 0 aliphatic rings. The van der Waals surface area contributed by atoms with Gasteiger partial charge in [0.25, 0.3) is 0 Å². The summed E-state index contributed by atoms with van der Waals surface area (Å²) in [6.45, 7) is 3.87. The normalized spacial score (nSPS) is 14.1. The van der Waals surface area contributed by atoms with Crippen LogP contribution < -0.4 is 5.32 Å². The van der Waals surface area contributed by atoms with Crippen LogP contribution in [0.15, 0.2) is 54.6 Å². The van der Waals surface area contributed by atoms with Crippen molar-refractivity contribution in [1.29, 1.82) is 0 Å². The molecule has 25 heavy (non-hydrogen) atoms. The zero-order chi connectivity index (χ0) is 18.6. The Kier molecular flexibility index (Phi) is 5.98. The van der Waals surface area contributed by atoms with E-state index >= 15 is 0 Å². The number of hydrogen-bond donors (Lipinski definition) is 1. The van der Waals surface area contributed by atoms with Crippen LogP contribution in [0, 0.1) is 6.92 Å². The molecule has 6 heteroatoms. The molecule has 0 radical (unpaired) electrons. The molecule has 0 saturated carbocycles. The van der Waals surface area contributed by atoms with Gasteiger partial charge in [-0.3, -0.25) is 4.79 Å². The van der Waals surface area contributed by atoms with Gasteiger partial charge in [-0.1, -0.05) is 54.6 Å². The highest BCUT2D eigenvalue weighted by Gasteiger charge is 2.31. The summed E-state index contributed by atoms with van der Waals surface area (Å²) in [4.78, 5) is 12.9. The summed E-state index contributed by atoms with van der Waals surface area (Å²) in [7, 11) is -2.11. The van der Waals surface area contributed by atoms with Gasteiger partial charge in [0.05, 0.1) is 12.3 Å². The van der Waals surface area contributed by atoms with E-state index in [0.717, 1.165) is 21.7 Å². The minimum Gasteiger partial charge on any atom is -0.348 e. The van der Waals surface area contributed by atoms with E-state index in [1.807, 2.05) is 44.2 Å². The molecule has 2 aromatic rings. The van der Waals surface area contributed by atoms with Crippen molar-refractivity contribution in [2.24, 2.45) is 0 Å². The van der Waals surface area contributed by atoms with Gasteiger partial charge >= 0.3 is 0 Å². The van der Waals surface area contributed by atoms with E-state index in [4.69, 9.17) is 0 Å². The first-order valence-electron chi connectivity index (χ1n) is 8.05. The number of carbonyl (C=O) groups excluding carboxylic acids is 1. The number of carbonyl (C=O) groups is 1. The highest BCUT2D eigenvalue weighted by molar-refractivity contribution is 7.88. The fourth-order valence-electron chi connectivity index (χ4n) is 2.80. The Balaban J connectivity index is 2.31. The van der Waals surface area contributed by atoms with E-state index in [0.29, 0.717) is 5.56 Å². The fourth-order valence-corrected chi connectivity index (χ4v) is 3.40. The molecule has 0 heterocycles. The van der Waals surface area contributed by atoms with Crippen molar-refractivity contribution < 1.29 is 13.2 Å². The number of likely N-dealkylation sites (N-methyl/N-ethyl adjacent to an activating group) is 1. The monoisotopic (exact) mass is 360 g/mol. The van der Waals surface area contributed by atoms with Gasteiger partial charge in [-0.2, -0.15) is 4.31 Å². The highest BCUT2D eigenvalue weighted by Crippen LogP contribution is 2.24. The first kappa shape index (κ1) is 19.1. The van der Waals surface area contributed by atoms with Gasteiger partial charge in [-0.25, -0.2) is 8.42 Å². The van der Waals surface area contributed by atoms with Crippen LogP contribution in [0.5, 0.6) is 0 Å². The van der Waals surface area contributed by atoms with Gasteiger partial charge in [0, 0.05) is 7.05 Å². The van der Waals surface area contributed by atoms with Crippen molar-refractivity contribution in [3.63, 3.8) is 0 Å². The molecule has 5 nitrogen and oxygen atoms in total. The van der Waals surface area contributed by atoms with E-state index in [1.54, 1.807) is 24.3 Å². The molecule has 1 amide bonds. The van der Waals surface area contributed by atoms with Crippen molar-refractivity contribution in [1.82, 2.24) is 9.62 Å². The second-order valence-electron chi connectivity index (χ2n) is 6.18. The standard InChI is InChI=1S/C19H24N2O3S/c1-14-10-8-9-13-17(14)15(2)20-19(22)18(21(3)25(4,23)24)16-11-6-5-7-12-16/h5-13,15,18H,1-4H3,(H,20,22). The molecule has 0 aliphatic carbocycles. The minimum absolute atomic E-state index is 0.229. The van der Waals surface area contributed by atoms with Crippen LogP contribution in [0.1, 0.15) is 35.7 Å². The molecule has 0 aromatic heterocycles. The number of hydrogen-bond acceptors (Lipinski definition) is 3. The molecule has 0 fully saturated rings. The Morgan fingerprint density at radius 1 is 1.04 bits per heavy atom. The van der Waals surface area contributed by atoms with Crippen LogP contribution in [-0.2, 0) is 14.8 Å². The average Bonchev–Trinajstić information content (AvgIpc) is 2.55. The second kappa shape index (κ2) is 7.80. The van der Waals surface area contributed by atoms with E-state index in [-0.39, 0.29) is 11.9 Å². The lowest BCUT2D eigenvalue weighted by Gasteiger charge is -2.27. The minimum atomic E-state index is -3.53. The predicted molar refractivity (Wildman–Crippen MR) is 99.5 cm³/mol. The topological polar surface area (TPSA) is 66.5 Å². The zero-order valence-corrected chi connectivity index (χ0v) is 15.7. The average molecular weight is 360 g/mol. The van der Waals surface area contributed by atoms with Crippen LogP contribution in [0.25, 0.3) is 0 Å². The van der Waals surface area contributed by atoms with Gasteiger partial charge in [0.2, 0.25) is 15.9 Å². The van der Waals surface area contributed by atoms with E-state index < -0.39 is 16.1 Å². The number of nitrogens with one attached hydrogen (secondary N) is 1. The maximum atomic E-state index is 12.9. The lowest BCUT2D eigenvalue weighted by molar-refractivity contribution is -0.125. The Labute approximate surface area is 149 Å². The van der Waals surface area contributed by atoms with E-state index in [1.165, 1.54) is 7.05 Å². The van der Waals surface area contributed by atoms with Crippen molar-refractivity contribution in [3.05, 3.63) is 71.3 Å². The lowest BCUT2D eigenvalue weighted by atomic mass is 10.0. The molecule has 0 bridgehead atoms. The number of rotatable bonds is 6. The number of sulfonamides is 1. The molecule has 0 aliphatic heterocycles. The van der Waals surface area contributed by atoms with Crippen LogP contribution in [0.2, 0.25) is 0 Å². The second-order valence-corrected chi connectivity index (χ2v) is 8.22. The lowest BCUT2D eigenvalue weighted by Crippen LogP contribution is -2.42. The van der Waals surface area contributed by atoms with E-state index in [2.05, 4.69) is 5.32 Å². The van der Waals surface area contributed by atoms with Crippen LogP contribution in [-0.4, -0.2) is 31.9 Å². The maximum absolute atomic E-state index is 12.9. The summed E-state index contributed by atoms with van der Waals surface area (Å²) in [6, 6.07) is 15.6. The first-order chi connectivity index (χ1) is 11.7.